The first-order valence-electron chi connectivity index (χ1n) is 3.71. The fourth-order valence-corrected chi connectivity index (χ4v) is 1.58. The van der Waals surface area contributed by atoms with Gasteiger partial charge in [-0.25, -0.2) is 4.98 Å². The minimum absolute atomic E-state index is 1.13. The van der Waals surface area contributed by atoms with Crippen LogP contribution in [0.5, 0.6) is 0 Å². The van der Waals surface area contributed by atoms with Crippen LogP contribution in [0.2, 0.25) is 19.6 Å². The number of halogens is 4. The summed E-state index contributed by atoms with van der Waals surface area (Å²) in [4.78, 5) is 3.99. The molecule has 0 aliphatic heterocycles. The number of hydrogen-bond acceptors (Lipinski definition) is 1. The molecule has 1 rings (SSSR count). The third-order valence-corrected chi connectivity index (χ3v) is 3.09. The minimum Gasteiger partial charge on any atom is -0.365 e. The highest BCUT2D eigenvalue weighted by Crippen LogP contribution is 2.54. The average Bonchev–Trinajstić information content (AvgIpc) is 2.28. The summed E-state index contributed by atoms with van der Waals surface area (Å²) >= 11 is -6.17. The molecule has 0 spiro atoms. The van der Waals surface area contributed by atoms with Crippen molar-refractivity contribution in [3.63, 3.8) is 0 Å². The third kappa shape index (κ3) is 8.11. The van der Waals surface area contributed by atoms with Crippen molar-refractivity contribution in [2.45, 2.75) is 19.6 Å². The maximum absolute atomic E-state index is 9.77. The first kappa shape index (κ1) is 13.5. The SMILES string of the molecule is C[Si](C)(C)n1ccnc1.FS(F)(F)F. The highest BCUT2D eigenvalue weighted by molar-refractivity contribution is 8.16. The van der Waals surface area contributed by atoms with Gasteiger partial charge in [-0.05, 0) is 0 Å². The summed E-state index contributed by atoms with van der Waals surface area (Å²) in [5.74, 6) is 0. The van der Waals surface area contributed by atoms with Crippen LogP contribution in [-0.4, -0.2) is 17.5 Å². The Kier molecular flexibility index (Phi) is 4.65. The van der Waals surface area contributed by atoms with Gasteiger partial charge in [0.1, 0.15) is 0 Å². The van der Waals surface area contributed by atoms with E-state index in [0.29, 0.717) is 0 Å². The van der Waals surface area contributed by atoms with Crippen molar-refractivity contribution in [1.82, 2.24) is 9.22 Å². The van der Waals surface area contributed by atoms with E-state index in [-0.39, 0.29) is 0 Å². The Bertz CT molecular complexity index is 248. The smallest absolute Gasteiger partial charge is 0.365 e. The van der Waals surface area contributed by atoms with Crippen molar-refractivity contribution in [2.24, 2.45) is 0 Å². The third-order valence-electron chi connectivity index (χ3n) is 1.28. The summed E-state index contributed by atoms with van der Waals surface area (Å²) in [6, 6.07) is 0. The number of rotatable bonds is 1. The van der Waals surface area contributed by atoms with Crippen LogP contribution >= 0.6 is 11.6 Å². The Labute approximate surface area is 83.5 Å². The van der Waals surface area contributed by atoms with Crippen LogP contribution in [0, 0.1) is 0 Å². The van der Waals surface area contributed by atoms with Crippen LogP contribution < -0.4 is 0 Å². The molecule has 0 bridgehead atoms. The summed E-state index contributed by atoms with van der Waals surface area (Å²) in [5, 5.41) is 0. The topological polar surface area (TPSA) is 17.8 Å². The summed E-state index contributed by atoms with van der Waals surface area (Å²) in [6.07, 6.45) is 5.76. The fourth-order valence-electron chi connectivity index (χ4n) is 0.656. The Morgan fingerprint density at radius 2 is 1.57 bits per heavy atom. The molecule has 8 heteroatoms. The standard InChI is InChI=1S/C6H12N2Si.F4S/c1-9(2,3)8-5-4-7-6-8;1-5(2,3)4/h4-6H,1-3H3;. The Balaban J connectivity index is 0.000000292. The Morgan fingerprint density at radius 3 is 1.71 bits per heavy atom. The summed E-state index contributed by atoms with van der Waals surface area (Å²) in [7, 11) is -1.13. The number of aromatic nitrogens is 2. The van der Waals surface area contributed by atoms with Gasteiger partial charge < -0.3 is 4.23 Å². The van der Waals surface area contributed by atoms with Crippen molar-refractivity contribution >= 4 is 19.8 Å². The maximum atomic E-state index is 9.77. The van der Waals surface area contributed by atoms with Crippen LogP contribution in [0.1, 0.15) is 0 Å². The zero-order chi connectivity index (χ0) is 11.4. The van der Waals surface area contributed by atoms with Crippen LogP contribution in [0.3, 0.4) is 0 Å². The predicted octanol–water partition coefficient (Wildman–Crippen LogP) is 3.90. The molecule has 0 saturated carbocycles. The summed E-state index contributed by atoms with van der Waals surface area (Å²) in [5.41, 5.74) is 0. The number of imidazole rings is 1. The number of hydrogen-bond donors (Lipinski definition) is 0. The second kappa shape index (κ2) is 4.83. The molecule has 2 nitrogen and oxygen atoms in total. The number of nitrogens with zero attached hydrogens (tertiary/aromatic N) is 2. The van der Waals surface area contributed by atoms with E-state index in [1.807, 2.05) is 18.7 Å². The van der Waals surface area contributed by atoms with Crippen molar-refractivity contribution in [1.29, 1.82) is 0 Å². The largest absolute Gasteiger partial charge is 0.379 e. The summed E-state index contributed by atoms with van der Waals surface area (Å²) in [6.45, 7) is 6.86. The molecule has 1 heterocycles. The second-order valence-electron chi connectivity index (χ2n) is 3.49. The van der Waals surface area contributed by atoms with Crippen molar-refractivity contribution in [2.75, 3.05) is 0 Å². The van der Waals surface area contributed by atoms with E-state index < -0.39 is 19.8 Å². The first-order chi connectivity index (χ1) is 6.11. The van der Waals surface area contributed by atoms with E-state index in [1.165, 1.54) is 0 Å². The van der Waals surface area contributed by atoms with Gasteiger partial charge in [0.05, 0.1) is 6.33 Å². The lowest BCUT2D eigenvalue weighted by Crippen LogP contribution is -2.30. The van der Waals surface area contributed by atoms with E-state index in [9.17, 15) is 15.5 Å². The molecule has 0 radical (unpaired) electrons. The molecule has 0 aliphatic rings. The average molecular weight is 248 g/mol. The molecular formula is C6H12F4N2SSi. The lowest BCUT2D eigenvalue weighted by molar-refractivity contribution is 0.543. The Hall–Kier alpha value is -0.503. The van der Waals surface area contributed by atoms with Crippen molar-refractivity contribution < 1.29 is 15.5 Å². The van der Waals surface area contributed by atoms with Gasteiger partial charge in [-0.3, -0.25) is 0 Å². The lowest BCUT2D eigenvalue weighted by atomic mass is 11.0. The van der Waals surface area contributed by atoms with Crippen LogP contribution in [0.4, 0.5) is 15.5 Å². The van der Waals surface area contributed by atoms with E-state index in [1.54, 1.807) is 0 Å². The van der Waals surface area contributed by atoms with Gasteiger partial charge in [0.25, 0.3) is 0 Å². The molecule has 1 aromatic rings. The van der Waals surface area contributed by atoms with Gasteiger partial charge in [0.15, 0.2) is 8.24 Å². The van der Waals surface area contributed by atoms with Gasteiger partial charge in [0, 0.05) is 12.4 Å². The molecule has 0 aromatic carbocycles. The Morgan fingerprint density at radius 1 is 1.14 bits per heavy atom. The molecule has 0 N–H and O–H groups in total. The van der Waals surface area contributed by atoms with Gasteiger partial charge in [-0.2, -0.15) is 0 Å². The fraction of sp³-hybridized carbons (Fsp3) is 0.500. The van der Waals surface area contributed by atoms with Crippen LogP contribution in [0.15, 0.2) is 18.7 Å². The van der Waals surface area contributed by atoms with Gasteiger partial charge in [0.2, 0.25) is 0 Å². The van der Waals surface area contributed by atoms with E-state index in [4.69, 9.17) is 0 Å². The van der Waals surface area contributed by atoms with Crippen molar-refractivity contribution in [3.05, 3.63) is 18.7 Å². The first-order valence-corrected chi connectivity index (χ1v) is 8.39. The minimum atomic E-state index is -6.17. The van der Waals surface area contributed by atoms with Gasteiger partial charge in [-0.1, -0.05) is 35.2 Å². The van der Waals surface area contributed by atoms with Gasteiger partial charge in [-0.15, -0.1) is 0 Å². The normalized spacial score (nSPS) is 13.1. The molecule has 0 fully saturated rings. The molecule has 0 aliphatic carbocycles. The highest BCUT2D eigenvalue weighted by Gasteiger charge is 2.16. The molecular weight excluding hydrogens is 236 g/mol. The summed E-state index contributed by atoms with van der Waals surface area (Å²) < 4.78 is 41.3. The van der Waals surface area contributed by atoms with Crippen LogP contribution in [-0.2, 0) is 0 Å². The molecule has 14 heavy (non-hydrogen) atoms. The lowest BCUT2D eigenvalue weighted by Gasteiger charge is -2.16. The zero-order valence-corrected chi connectivity index (χ0v) is 9.86. The van der Waals surface area contributed by atoms with Crippen molar-refractivity contribution in [3.8, 4) is 0 Å². The molecule has 84 valence electrons. The quantitative estimate of drug-likeness (QED) is 0.544. The van der Waals surface area contributed by atoms with E-state index in [2.05, 4.69) is 28.9 Å². The molecule has 0 unspecified atom stereocenters. The predicted molar refractivity (Wildman–Crippen MR) is 53.0 cm³/mol. The highest BCUT2D eigenvalue weighted by atomic mass is 32.4. The van der Waals surface area contributed by atoms with Gasteiger partial charge >= 0.3 is 11.6 Å². The monoisotopic (exact) mass is 248 g/mol. The van der Waals surface area contributed by atoms with E-state index in [0.717, 1.165) is 0 Å². The second-order valence-corrected chi connectivity index (χ2v) is 9.05. The molecule has 0 amide bonds. The molecule has 0 atom stereocenters. The maximum Gasteiger partial charge on any atom is 0.379 e. The van der Waals surface area contributed by atoms with Crippen LogP contribution in [0.25, 0.3) is 0 Å². The molecule has 0 saturated heterocycles. The van der Waals surface area contributed by atoms with E-state index >= 15 is 0 Å². The zero-order valence-electron chi connectivity index (χ0n) is 8.05. The molecule has 1 aromatic heterocycles.